The van der Waals surface area contributed by atoms with Crippen LogP contribution in [0, 0.1) is 10.1 Å². The summed E-state index contributed by atoms with van der Waals surface area (Å²) in [5.74, 6) is 1.76. The van der Waals surface area contributed by atoms with Crippen LogP contribution in [0.2, 0.25) is 0 Å². The minimum atomic E-state index is -0.904. The van der Waals surface area contributed by atoms with E-state index in [4.69, 9.17) is 14.2 Å². The number of anilines is 1. The first kappa shape index (κ1) is 18.4. The Kier molecular flexibility index (Phi) is 4.51. The molecule has 152 valence electrons. The fraction of sp³-hybridized carbons (Fsp3) is 0.211. The Morgan fingerprint density at radius 2 is 2.03 bits per heavy atom. The van der Waals surface area contributed by atoms with Gasteiger partial charge in [-0.2, -0.15) is 4.98 Å². The van der Waals surface area contributed by atoms with Crippen molar-refractivity contribution >= 4 is 23.1 Å². The topological polar surface area (TPSA) is 122 Å². The van der Waals surface area contributed by atoms with Crippen LogP contribution in [0.5, 0.6) is 17.4 Å². The molecule has 2 aromatic carbocycles. The molecule has 1 N–H and O–H groups in total. The van der Waals surface area contributed by atoms with Crippen molar-refractivity contribution in [3.05, 3.63) is 52.1 Å². The van der Waals surface area contributed by atoms with E-state index < -0.39 is 11.2 Å². The standard InChI is InChI=1S/C19H15N5O5S/c1-2-30-19-21-18-16(22-23-19)10-5-3-4-6-12(10)20-17(29-18)11-7-14-15(28-9-27-14)8-13(11)24(25)26/h3-8,17,20H,2,9H2,1H3. The molecule has 0 radical (unpaired) electrons. The Morgan fingerprint density at radius 3 is 2.83 bits per heavy atom. The molecule has 0 fully saturated rings. The maximum Gasteiger partial charge on any atom is 0.282 e. The molecule has 3 aromatic rings. The molecule has 2 aliphatic rings. The van der Waals surface area contributed by atoms with Gasteiger partial charge in [0.05, 0.1) is 16.6 Å². The Balaban J connectivity index is 1.67. The molecule has 0 aliphatic carbocycles. The van der Waals surface area contributed by atoms with E-state index >= 15 is 0 Å². The van der Waals surface area contributed by atoms with Crippen molar-refractivity contribution in [2.24, 2.45) is 0 Å². The minimum Gasteiger partial charge on any atom is -0.454 e. The first-order chi connectivity index (χ1) is 14.6. The molecule has 0 amide bonds. The summed E-state index contributed by atoms with van der Waals surface area (Å²) in [6.45, 7) is 1.99. The maximum atomic E-state index is 11.8. The van der Waals surface area contributed by atoms with Crippen LogP contribution in [-0.2, 0) is 0 Å². The molecule has 2 aliphatic heterocycles. The molecule has 0 spiro atoms. The highest BCUT2D eigenvalue weighted by atomic mass is 32.2. The third-order valence-electron chi connectivity index (χ3n) is 4.61. The van der Waals surface area contributed by atoms with Gasteiger partial charge in [0.15, 0.2) is 17.2 Å². The van der Waals surface area contributed by atoms with Gasteiger partial charge in [0.1, 0.15) is 0 Å². The van der Waals surface area contributed by atoms with Gasteiger partial charge in [-0.15, -0.1) is 10.2 Å². The average molecular weight is 425 g/mol. The van der Waals surface area contributed by atoms with Crippen molar-refractivity contribution in [3.63, 3.8) is 0 Å². The zero-order chi connectivity index (χ0) is 20.7. The lowest BCUT2D eigenvalue weighted by Crippen LogP contribution is -2.18. The number of ether oxygens (including phenoxy) is 3. The van der Waals surface area contributed by atoms with Crippen LogP contribution in [0.1, 0.15) is 18.7 Å². The van der Waals surface area contributed by atoms with Crippen LogP contribution in [0.3, 0.4) is 0 Å². The molecule has 11 heteroatoms. The van der Waals surface area contributed by atoms with Crippen molar-refractivity contribution < 1.29 is 19.1 Å². The zero-order valence-electron chi connectivity index (χ0n) is 15.7. The monoisotopic (exact) mass is 425 g/mol. The maximum absolute atomic E-state index is 11.8. The SMILES string of the molecule is CCSc1nnc2c(n1)OC(c1cc3c(cc1[N+](=O)[O-])OCO3)Nc1ccccc1-2. The van der Waals surface area contributed by atoms with Gasteiger partial charge in [0.2, 0.25) is 24.1 Å². The third-order valence-corrected chi connectivity index (χ3v) is 5.33. The van der Waals surface area contributed by atoms with E-state index in [9.17, 15) is 10.1 Å². The predicted molar refractivity (Wildman–Crippen MR) is 108 cm³/mol. The first-order valence-electron chi connectivity index (χ1n) is 9.12. The average Bonchev–Trinajstić information content (AvgIpc) is 3.14. The number of para-hydroxylation sites is 1. The Labute approximate surface area is 174 Å². The smallest absolute Gasteiger partial charge is 0.282 e. The predicted octanol–water partition coefficient (Wildman–Crippen LogP) is 3.79. The number of fused-ring (bicyclic) bond motifs is 4. The number of nitrogens with one attached hydrogen (secondary N) is 1. The molecule has 30 heavy (non-hydrogen) atoms. The zero-order valence-corrected chi connectivity index (χ0v) is 16.5. The molecule has 5 rings (SSSR count). The lowest BCUT2D eigenvalue weighted by Gasteiger charge is -2.19. The summed E-state index contributed by atoms with van der Waals surface area (Å²) >= 11 is 1.43. The highest BCUT2D eigenvalue weighted by molar-refractivity contribution is 7.99. The quantitative estimate of drug-likeness (QED) is 0.375. The highest BCUT2D eigenvalue weighted by Gasteiger charge is 2.33. The van der Waals surface area contributed by atoms with Crippen molar-refractivity contribution in [1.82, 2.24) is 15.2 Å². The summed E-state index contributed by atoms with van der Waals surface area (Å²) in [6.07, 6.45) is -0.904. The van der Waals surface area contributed by atoms with Crippen molar-refractivity contribution in [1.29, 1.82) is 0 Å². The van der Waals surface area contributed by atoms with Gasteiger partial charge in [-0.25, -0.2) is 0 Å². The largest absolute Gasteiger partial charge is 0.454 e. The van der Waals surface area contributed by atoms with Crippen molar-refractivity contribution in [2.45, 2.75) is 18.3 Å². The summed E-state index contributed by atoms with van der Waals surface area (Å²) in [5.41, 5.74) is 2.04. The fourth-order valence-electron chi connectivity index (χ4n) is 3.29. The lowest BCUT2D eigenvalue weighted by molar-refractivity contribution is -0.386. The molecule has 1 unspecified atom stereocenters. The van der Waals surface area contributed by atoms with Gasteiger partial charge in [0, 0.05) is 11.3 Å². The van der Waals surface area contributed by atoms with Crippen LogP contribution < -0.4 is 19.5 Å². The van der Waals surface area contributed by atoms with Crippen LogP contribution in [-0.4, -0.2) is 32.7 Å². The number of nitro benzene ring substituents is 1. The van der Waals surface area contributed by atoms with Crippen LogP contribution in [0.25, 0.3) is 11.3 Å². The van der Waals surface area contributed by atoms with Gasteiger partial charge in [-0.3, -0.25) is 10.1 Å². The summed E-state index contributed by atoms with van der Waals surface area (Å²) in [4.78, 5) is 15.8. The number of rotatable bonds is 4. The molecular weight excluding hydrogens is 410 g/mol. The number of nitro groups is 1. The van der Waals surface area contributed by atoms with E-state index in [1.54, 1.807) is 6.07 Å². The Hall–Kier alpha value is -3.60. The second kappa shape index (κ2) is 7.34. The highest BCUT2D eigenvalue weighted by Crippen LogP contribution is 2.44. The molecule has 1 atom stereocenters. The number of hydrogen-bond acceptors (Lipinski definition) is 10. The molecule has 0 bridgehead atoms. The van der Waals surface area contributed by atoms with Gasteiger partial charge >= 0.3 is 0 Å². The van der Waals surface area contributed by atoms with Gasteiger partial charge in [0.25, 0.3) is 5.69 Å². The number of nitrogens with zero attached hydrogens (tertiary/aromatic N) is 4. The minimum absolute atomic E-state index is 0.00923. The van der Waals surface area contributed by atoms with E-state index in [0.717, 1.165) is 11.3 Å². The van der Waals surface area contributed by atoms with Crippen LogP contribution in [0.15, 0.2) is 41.6 Å². The Morgan fingerprint density at radius 1 is 1.23 bits per heavy atom. The summed E-state index contributed by atoms with van der Waals surface area (Å²) < 4.78 is 16.8. The van der Waals surface area contributed by atoms with E-state index in [1.807, 2.05) is 31.2 Å². The second-order valence-electron chi connectivity index (χ2n) is 6.39. The van der Waals surface area contributed by atoms with Crippen LogP contribution in [0.4, 0.5) is 11.4 Å². The summed E-state index contributed by atoms with van der Waals surface area (Å²) in [7, 11) is 0. The van der Waals surface area contributed by atoms with Gasteiger partial charge in [-0.05, 0) is 17.9 Å². The number of thioether (sulfide) groups is 1. The van der Waals surface area contributed by atoms with Crippen molar-refractivity contribution in [2.75, 3.05) is 17.9 Å². The molecular formula is C19H15N5O5S. The van der Waals surface area contributed by atoms with Crippen LogP contribution >= 0.6 is 11.8 Å². The van der Waals surface area contributed by atoms with Gasteiger partial charge in [-0.1, -0.05) is 36.9 Å². The molecule has 10 nitrogen and oxygen atoms in total. The number of benzene rings is 2. The molecule has 1 aromatic heterocycles. The normalized spacial score (nSPS) is 16.0. The lowest BCUT2D eigenvalue weighted by atomic mass is 10.1. The molecule has 0 saturated heterocycles. The van der Waals surface area contributed by atoms with E-state index in [2.05, 4.69) is 20.5 Å². The number of aromatic nitrogens is 3. The molecule has 0 saturated carbocycles. The van der Waals surface area contributed by atoms with Gasteiger partial charge < -0.3 is 19.5 Å². The first-order valence-corrected chi connectivity index (χ1v) is 10.1. The Bertz CT molecular complexity index is 1160. The van der Waals surface area contributed by atoms with E-state index in [-0.39, 0.29) is 23.9 Å². The number of hydrogen-bond donors (Lipinski definition) is 1. The van der Waals surface area contributed by atoms with E-state index in [0.29, 0.717) is 28.0 Å². The van der Waals surface area contributed by atoms with Crippen molar-refractivity contribution in [3.8, 4) is 28.6 Å². The van der Waals surface area contributed by atoms with E-state index in [1.165, 1.54) is 17.8 Å². The second-order valence-corrected chi connectivity index (χ2v) is 7.62. The third kappa shape index (κ3) is 3.12. The molecule has 3 heterocycles. The summed E-state index contributed by atoms with van der Waals surface area (Å²) in [5, 5.41) is 23.9. The fourth-order valence-corrected chi connectivity index (χ4v) is 3.80. The summed E-state index contributed by atoms with van der Waals surface area (Å²) in [6, 6.07) is 10.3.